The Balaban J connectivity index is 2.23. The Kier molecular flexibility index (Phi) is 3.83. The molecule has 3 nitrogen and oxygen atoms in total. The first kappa shape index (κ1) is 11.7. The third-order valence-electron chi connectivity index (χ3n) is 2.64. The van der Waals surface area contributed by atoms with E-state index in [-0.39, 0.29) is 6.10 Å². The van der Waals surface area contributed by atoms with Crippen LogP contribution in [0.3, 0.4) is 0 Å². The van der Waals surface area contributed by atoms with Crippen molar-refractivity contribution < 1.29 is 4.74 Å². The maximum Gasteiger partial charge on any atom is 0.159 e. The number of aromatic nitrogens is 2. The average Bonchev–Trinajstić information content (AvgIpc) is 2.40. The van der Waals surface area contributed by atoms with E-state index in [1.54, 1.807) is 13.3 Å². The molecule has 0 radical (unpaired) electrons. The van der Waals surface area contributed by atoms with Crippen molar-refractivity contribution in [1.82, 2.24) is 9.97 Å². The number of rotatable bonds is 4. The molecule has 1 aromatic carbocycles. The van der Waals surface area contributed by atoms with Crippen LogP contribution in [0.2, 0.25) is 0 Å². The lowest BCUT2D eigenvalue weighted by molar-refractivity contribution is 0.118. The van der Waals surface area contributed by atoms with Crippen molar-refractivity contribution >= 4 is 0 Å². The maximum absolute atomic E-state index is 5.24. The van der Waals surface area contributed by atoms with Gasteiger partial charge in [0.15, 0.2) is 5.82 Å². The lowest BCUT2D eigenvalue weighted by Gasteiger charge is -2.09. The first-order chi connectivity index (χ1) is 8.29. The van der Waals surface area contributed by atoms with Crippen LogP contribution in [0.4, 0.5) is 0 Å². The summed E-state index contributed by atoms with van der Waals surface area (Å²) < 4.78 is 5.24. The van der Waals surface area contributed by atoms with Crippen LogP contribution in [0.25, 0.3) is 11.4 Å². The summed E-state index contributed by atoms with van der Waals surface area (Å²) in [6.07, 6.45) is 2.78. The molecule has 0 N–H and O–H groups in total. The number of benzene rings is 1. The molecule has 0 amide bonds. The summed E-state index contributed by atoms with van der Waals surface area (Å²) in [6, 6.07) is 11.9. The van der Waals surface area contributed by atoms with Crippen molar-refractivity contribution in [2.75, 3.05) is 7.11 Å². The molecule has 1 unspecified atom stereocenters. The monoisotopic (exact) mass is 228 g/mol. The van der Waals surface area contributed by atoms with Gasteiger partial charge in [-0.05, 0) is 13.0 Å². The number of hydrogen-bond acceptors (Lipinski definition) is 3. The highest BCUT2D eigenvalue weighted by Gasteiger charge is 2.05. The van der Waals surface area contributed by atoms with E-state index < -0.39 is 0 Å². The Labute approximate surface area is 102 Å². The van der Waals surface area contributed by atoms with E-state index in [1.165, 1.54) is 0 Å². The Morgan fingerprint density at radius 2 is 1.94 bits per heavy atom. The zero-order valence-electron chi connectivity index (χ0n) is 10.1. The fourth-order valence-corrected chi connectivity index (χ4v) is 1.61. The molecule has 0 saturated carbocycles. The Morgan fingerprint density at radius 3 is 2.65 bits per heavy atom. The number of methoxy groups -OCH3 is 1. The molecule has 3 heteroatoms. The Morgan fingerprint density at radius 1 is 1.18 bits per heavy atom. The van der Waals surface area contributed by atoms with Crippen LogP contribution in [0, 0.1) is 0 Å². The molecule has 1 atom stereocenters. The standard InChI is InChI=1S/C14H16N2O/c1-11(17-2)10-13-8-9-15-14(16-13)12-6-4-3-5-7-12/h3-9,11H,10H2,1-2H3. The lowest BCUT2D eigenvalue weighted by atomic mass is 10.2. The summed E-state index contributed by atoms with van der Waals surface area (Å²) in [5, 5.41) is 0. The first-order valence-electron chi connectivity index (χ1n) is 5.69. The summed E-state index contributed by atoms with van der Waals surface area (Å²) in [4.78, 5) is 8.83. The molecule has 0 spiro atoms. The van der Waals surface area contributed by atoms with Crippen molar-refractivity contribution in [3.63, 3.8) is 0 Å². The number of hydrogen-bond donors (Lipinski definition) is 0. The second-order valence-corrected chi connectivity index (χ2v) is 3.99. The molecule has 0 aliphatic carbocycles. The molecule has 1 aromatic heterocycles. The zero-order valence-corrected chi connectivity index (χ0v) is 10.1. The van der Waals surface area contributed by atoms with Crippen molar-refractivity contribution in [3.8, 4) is 11.4 Å². The molecule has 1 heterocycles. The van der Waals surface area contributed by atoms with Gasteiger partial charge in [-0.25, -0.2) is 9.97 Å². The third kappa shape index (κ3) is 3.11. The van der Waals surface area contributed by atoms with E-state index in [0.29, 0.717) is 0 Å². The molecule has 0 bridgehead atoms. The maximum atomic E-state index is 5.24. The zero-order chi connectivity index (χ0) is 12.1. The van der Waals surface area contributed by atoms with Crippen molar-refractivity contribution in [2.24, 2.45) is 0 Å². The average molecular weight is 228 g/mol. The normalized spacial score (nSPS) is 12.4. The van der Waals surface area contributed by atoms with E-state index in [1.807, 2.05) is 43.3 Å². The topological polar surface area (TPSA) is 35.0 Å². The molecule has 2 aromatic rings. The molecular formula is C14H16N2O. The molecule has 88 valence electrons. The van der Waals surface area contributed by atoms with Crippen LogP contribution in [-0.4, -0.2) is 23.2 Å². The summed E-state index contributed by atoms with van der Waals surface area (Å²) >= 11 is 0. The Hall–Kier alpha value is -1.74. The second kappa shape index (κ2) is 5.55. The van der Waals surface area contributed by atoms with Gasteiger partial charge < -0.3 is 4.74 Å². The van der Waals surface area contributed by atoms with Gasteiger partial charge in [-0.2, -0.15) is 0 Å². The molecule has 0 fully saturated rings. The minimum Gasteiger partial charge on any atom is -0.381 e. The van der Waals surface area contributed by atoms with Gasteiger partial charge in [-0.1, -0.05) is 30.3 Å². The van der Waals surface area contributed by atoms with Crippen LogP contribution in [-0.2, 0) is 11.2 Å². The van der Waals surface area contributed by atoms with Crippen molar-refractivity contribution in [3.05, 3.63) is 48.3 Å². The van der Waals surface area contributed by atoms with E-state index in [9.17, 15) is 0 Å². The van der Waals surface area contributed by atoms with E-state index in [0.717, 1.165) is 23.5 Å². The van der Waals surface area contributed by atoms with Gasteiger partial charge in [0.25, 0.3) is 0 Å². The lowest BCUT2D eigenvalue weighted by Crippen LogP contribution is -2.10. The predicted molar refractivity (Wildman–Crippen MR) is 67.6 cm³/mol. The van der Waals surface area contributed by atoms with E-state index >= 15 is 0 Å². The molecule has 0 aliphatic rings. The summed E-state index contributed by atoms with van der Waals surface area (Å²) in [7, 11) is 1.71. The molecule has 0 saturated heterocycles. The highest BCUT2D eigenvalue weighted by molar-refractivity contribution is 5.54. The summed E-state index contributed by atoms with van der Waals surface area (Å²) in [5.74, 6) is 0.770. The smallest absolute Gasteiger partial charge is 0.159 e. The largest absolute Gasteiger partial charge is 0.381 e. The quantitative estimate of drug-likeness (QED) is 0.807. The molecule has 0 aliphatic heterocycles. The van der Waals surface area contributed by atoms with Gasteiger partial charge in [-0.15, -0.1) is 0 Å². The van der Waals surface area contributed by atoms with E-state index in [2.05, 4.69) is 9.97 Å². The van der Waals surface area contributed by atoms with Gasteiger partial charge >= 0.3 is 0 Å². The molecular weight excluding hydrogens is 212 g/mol. The fraction of sp³-hybridized carbons (Fsp3) is 0.286. The van der Waals surface area contributed by atoms with Crippen LogP contribution in [0.5, 0.6) is 0 Å². The van der Waals surface area contributed by atoms with Gasteiger partial charge in [-0.3, -0.25) is 0 Å². The van der Waals surface area contributed by atoms with Gasteiger partial charge in [0.1, 0.15) is 0 Å². The minimum atomic E-state index is 0.175. The van der Waals surface area contributed by atoms with Crippen LogP contribution < -0.4 is 0 Å². The van der Waals surface area contributed by atoms with Gasteiger partial charge in [0, 0.05) is 31.0 Å². The van der Waals surface area contributed by atoms with Crippen LogP contribution in [0.1, 0.15) is 12.6 Å². The van der Waals surface area contributed by atoms with Crippen molar-refractivity contribution in [1.29, 1.82) is 0 Å². The Bertz CT molecular complexity index is 471. The fourth-order valence-electron chi connectivity index (χ4n) is 1.61. The second-order valence-electron chi connectivity index (χ2n) is 3.99. The molecule has 2 rings (SSSR count). The molecule has 17 heavy (non-hydrogen) atoms. The first-order valence-corrected chi connectivity index (χ1v) is 5.69. The number of nitrogens with zero attached hydrogens (tertiary/aromatic N) is 2. The van der Waals surface area contributed by atoms with Crippen LogP contribution >= 0.6 is 0 Å². The highest BCUT2D eigenvalue weighted by atomic mass is 16.5. The number of ether oxygens (including phenoxy) is 1. The van der Waals surface area contributed by atoms with Gasteiger partial charge in [0.05, 0.1) is 6.10 Å². The third-order valence-corrected chi connectivity index (χ3v) is 2.64. The van der Waals surface area contributed by atoms with Crippen LogP contribution in [0.15, 0.2) is 42.6 Å². The SMILES string of the molecule is COC(C)Cc1ccnc(-c2ccccc2)n1. The van der Waals surface area contributed by atoms with Gasteiger partial charge in [0.2, 0.25) is 0 Å². The predicted octanol–water partition coefficient (Wildman–Crippen LogP) is 2.72. The minimum absolute atomic E-state index is 0.175. The highest BCUT2D eigenvalue weighted by Crippen LogP contribution is 2.14. The summed E-state index contributed by atoms with van der Waals surface area (Å²) in [5.41, 5.74) is 2.05. The van der Waals surface area contributed by atoms with Crippen molar-refractivity contribution in [2.45, 2.75) is 19.4 Å². The summed E-state index contributed by atoms with van der Waals surface area (Å²) in [6.45, 7) is 2.03. The van der Waals surface area contributed by atoms with E-state index in [4.69, 9.17) is 4.74 Å².